The lowest BCUT2D eigenvalue weighted by Crippen LogP contribution is -2.58. The van der Waals surface area contributed by atoms with Gasteiger partial charge in [-0.3, -0.25) is 24.2 Å². The summed E-state index contributed by atoms with van der Waals surface area (Å²) in [4.78, 5) is 69.3. The zero-order valence-corrected chi connectivity index (χ0v) is 24.3. The van der Waals surface area contributed by atoms with Crippen molar-refractivity contribution in [1.29, 1.82) is 0 Å². The number of benzene rings is 1. The topological polar surface area (TPSA) is 268 Å². The second kappa shape index (κ2) is 16.7. The Hall–Kier alpha value is -4.66. The number of rotatable bonds is 18. The summed E-state index contributed by atoms with van der Waals surface area (Å²) in [6.07, 6.45) is 1.94. The van der Waals surface area contributed by atoms with E-state index in [0.717, 1.165) is 16.5 Å². The summed E-state index contributed by atoms with van der Waals surface area (Å²) in [5.74, 6) is -5.21. The van der Waals surface area contributed by atoms with E-state index >= 15 is 0 Å². The number of nitrogens with one attached hydrogen (secondary N) is 4. The largest absolute Gasteiger partial charge is 0.481 e. The third-order valence-corrected chi connectivity index (χ3v) is 7.08. The lowest BCUT2D eigenvalue weighted by atomic mass is 9.96. The summed E-state index contributed by atoms with van der Waals surface area (Å²) in [5.41, 5.74) is 18.7. The van der Waals surface area contributed by atoms with Gasteiger partial charge in [-0.1, -0.05) is 38.5 Å². The highest BCUT2D eigenvalue weighted by Crippen LogP contribution is 2.19. The Bertz CT molecular complexity index is 1310. The summed E-state index contributed by atoms with van der Waals surface area (Å²) in [6.45, 7) is 3.73. The standard InChI is InChI=1S/C28H42N8O7/c1-3-15(2)23(36-24(39)18(29)13-16-14-33-19-8-5-4-7-17(16)19)26(41)34-20(9-6-12-32-28(30)31)25(40)35-21(27(42)43)10-11-22(37)38/h4-5,7-8,14-15,18,20-21,23,33H,3,6,9-13,29H2,1-2H3,(H,34,41)(H,35,40)(H,36,39)(H,37,38)(H,42,43)(H4,30,31,32). The fourth-order valence-electron chi connectivity index (χ4n) is 4.42. The highest BCUT2D eigenvalue weighted by atomic mass is 16.4. The predicted molar refractivity (Wildman–Crippen MR) is 160 cm³/mol. The van der Waals surface area contributed by atoms with Gasteiger partial charge in [0, 0.05) is 30.1 Å². The number of carbonyl (C=O) groups excluding carboxylic acids is 3. The SMILES string of the molecule is CCC(C)C(NC(=O)C(N)Cc1c[nH]c2ccccc12)C(=O)NC(CCCN=C(N)N)C(=O)NC(CCC(=O)O)C(=O)O. The maximum atomic E-state index is 13.5. The van der Waals surface area contributed by atoms with Crippen LogP contribution in [0.3, 0.4) is 0 Å². The monoisotopic (exact) mass is 602 g/mol. The van der Waals surface area contributed by atoms with E-state index < -0.39 is 60.2 Å². The zero-order valence-electron chi connectivity index (χ0n) is 24.3. The van der Waals surface area contributed by atoms with Gasteiger partial charge in [-0.2, -0.15) is 0 Å². The van der Waals surface area contributed by atoms with E-state index in [0.29, 0.717) is 6.42 Å². The van der Waals surface area contributed by atoms with Crippen molar-refractivity contribution < 1.29 is 34.2 Å². The van der Waals surface area contributed by atoms with Gasteiger partial charge in [0.2, 0.25) is 17.7 Å². The lowest BCUT2D eigenvalue weighted by molar-refractivity contribution is -0.143. The molecule has 0 saturated heterocycles. The van der Waals surface area contributed by atoms with Crippen LogP contribution in [0.5, 0.6) is 0 Å². The number of nitrogens with zero attached hydrogens (tertiary/aromatic N) is 1. The van der Waals surface area contributed by atoms with Crippen LogP contribution in [0.2, 0.25) is 0 Å². The van der Waals surface area contributed by atoms with Gasteiger partial charge in [0.1, 0.15) is 18.1 Å². The molecule has 2 aromatic rings. The molecule has 1 aromatic carbocycles. The number of fused-ring (bicyclic) bond motifs is 1. The summed E-state index contributed by atoms with van der Waals surface area (Å²) >= 11 is 0. The molecule has 0 spiro atoms. The van der Waals surface area contributed by atoms with Gasteiger partial charge in [-0.05, 0) is 43.2 Å². The highest BCUT2D eigenvalue weighted by molar-refractivity contribution is 5.94. The summed E-state index contributed by atoms with van der Waals surface area (Å²) in [5, 5.41) is 26.9. The molecule has 0 aliphatic rings. The number of hydrogen-bond donors (Lipinski definition) is 9. The number of aromatic nitrogens is 1. The second-order valence-corrected chi connectivity index (χ2v) is 10.4. The van der Waals surface area contributed by atoms with Crippen molar-refractivity contribution in [2.75, 3.05) is 6.54 Å². The summed E-state index contributed by atoms with van der Waals surface area (Å²) in [7, 11) is 0. The van der Waals surface area contributed by atoms with Crippen molar-refractivity contribution in [1.82, 2.24) is 20.9 Å². The Balaban J connectivity index is 2.18. The number of carboxylic acid groups (broad SMARTS) is 2. The van der Waals surface area contributed by atoms with Crippen LogP contribution in [0.4, 0.5) is 0 Å². The van der Waals surface area contributed by atoms with Crippen LogP contribution in [0.15, 0.2) is 35.5 Å². The van der Waals surface area contributed by atoms with Crippen LogP contribution < -0.4 is 33.2 Å². The predicted octanol–water partition coefficient (Wildman–Crippen LogP) is -0.459. The minimum absolute atomic E-state index is 0.0286. The van der Waals surface area contributed by atoms with E-state index in [1.54, 1.807) is 13.1 Å². The first-order valence-electron chi connectivity index (χ1n) is 14.1. The van der Waals surface area contributed by atoms with Crippen molar-refractivity contribution in [3.8, 4) is 0 Å². The van der Waals surface area contributed by atoms with Crippen LogP contribution >= 0.6 is 0 Å². The molecule has 1 aromatic heterocycles. The Labute approximate surface area is 249 Å². The Kier molecular flexibility index (Phi) is 13.4. The first-order chi connectivity index (χ1) is 20.3. The van der Waals surface area contributed by atoms with Gasteiger partial charge in [0.15, 0.2) is 5.96 Å². The van der Waals surface area contributed by atoms with E-state index in [-0.39, 0.29) is 44.1 Å². The van der Waals surface area contributed by atoms with Gasteiger partial charge in [-0.15, -0.1) is 0 Å². The summed E-state index contributed by atoms with van der Waals surface area (Å²) < 4.78 is 0. The first-order valence-corrected chi connectivity index (χ1v) is 14.1. The smallest absolute Gasteiger partial charge is 0.326 e. The minimum Gasteiger partial charge on any atom is -0.481 e. The first kappa shape index (κ1) is 34.5. The molecule has 3 amide bonds. The van der Waals surface area contributed by atoms with E-state index in [4.69, 9.17) is 22.3 Å². The molecule has 2 rings (SSSR count). The minimum atomic E-state index is -1.49. The van der Waals surface area contributed by atoms with Gasteiger partial charge >= 0.3 is 11.9 Å². The molecule has 12 N–H and O–H groups in total. The molecule has 236 valence electrons. The van der Waals surface area contributed by atoms with Crippen molar-refractivity contribution in [2.45, 2.75) is 76.5 Å². The van der Waals surface area contributed by atoms with E-state index in [1.165, 1.54) is 0 Å². The van der Waals surface area contributed by atoms with Crippen LogP contribution in [0.1, 0.15) is 51.5 Å². The molecule has 15 heteroatoms. The van der Waals surface area contributed by atoms with Crippen molar-refractivity contribution in [2.24, 2.45) is 28.1 Å². The van der Waals surface area contributed by atoms with E-state index in [9.17, 15) is 29.1 Å². The normalized spacial score (nSPS) is 14.5. The number of hydrogen-bond acceptors (Lipinski definition) is 7. The molecule has 0 fully saturated rings. The fourth-order valence-corrected chi connectivity index (χ4v) is 4.42. The van der Waals surface area contributed by atoms with Gasteiger partial charge < -0.3 is 48.3 Å². The molecule has 43 heavy (non-hydrogen) atoms. The van der Waals surface area contributed by atoms with E-state index in [1.807, 2.05) is 31.2 Å². The number of aromatic amines is 1. The van der Waals surface area contributed by atoms with Gasteiger partial charge in [-0.25, -0.2) is 4.79 Å². The van der Waals surface area contributed by atoms with Crippen molar-refractivity contribution in [3.05, 3.63) is 36.0 Å². The molecule has 0 aliphatic carbocycles. The third kappa shape index (κ3) is 10.9. The number of carbonyl (C=O) groups is 5. The molecular weight excluding hydrogens is 560 g/mol. The zero-order chi connectivity index (χ0) is 32.1. The number of amides is 3. The average Bonchev–Trinajstić information content (AvgIpc) is 3.36. The quantitative estimate of drug-likeness (QED) is 0.0602. The number of guanidine groups is 1. The summed E-state index contributed by atoms with van der Waals surface area (Å²) in [6, 6.07) is 2.84. The average molecular weight is 603 g/mol. The number of para-hydroxylation sites is 1. The molecule has 0 saturated carbocycles. The Morgan fingerprint density at radius 1 is 0.953 bits per heavy atom. The van der Waals surface area contributed by atoms with Crippen LogP contribution in [-0.2, 0) is 30.4 Å². The third-order valence-electron chi connectivity index (χ3n) is 7.08. The molecule has 1 heterocycles. The number of H-pyrrole nitrogens is 1. The molecule has 15 nitrogen and oxygen atoms in total. The molecule has 0 radical (unpaired) electrons. The Morgan fingerprint density at radius 3 is 2.26 bits per heavy atom. The number of aliphatic imine (C=N–C) groups is 1. The fraction of sp³-hybridized carbons (Fsp3) is 0.500. The Morgan fingerprint density at radius 2 is 1.63 bits per heavy atom. The molecule has 5 unspecified atom stereocenters. The lowest BCUT2D eigenvalue weighted by Gasteiger charge is -2.28. The maximum Gasteiger partial charge on any atom is 0.326 e. The molecule has 0 bridgehead atoms. The number of carboxylic acids is 2. The number of nitrogens with two attached hydrogens (primary N) is 3. The van der Waals surface area contributed by atoms with Crippen molar-refractivity contribution in [3.63, 3.8) is 0 Å². The van der Waals surface area contributed by atoms with Crippen LogP contribution in [-0.4, -0.2) is 81.5 Å². The second-order valence-electron chi connectivity index (χ2n) is 10.4. The number of aliphatic carboxylic acids is 2. The van der Waals surface area contributed by atoms with Crippen LogP contribution in [0.25, 0.3) is 10.9 Å². The highest BCUT2D eigenvalue weighted by Gasteiger charge is 2.32. The molecule has 5 atom stereocenters. The van der Waals surface area contributed by atoms with Gasteiger partial charge in [0.05, 0.1) is 6.04 Å². The van der Waals surface area contributed by atoms with Crippen molar-refractivity contribution >= 4 is 46.5 Å². The molecular formula is C28H42N8O7. The van der Waals surface area contributed by atoms with E-state index in [2.05, 4.69) is 25.9 Å². The van der Waals surface area contributed by atoms with Gasteiger partial charge in [0.25, 0.3) is 0 Å². The molecule has 0 aliphatic heterocycles. The maximum absolute atomic E-state index is 13.5. The van der Waals surface area contributed by atoms with Crippen LogP contribution in [0, 0.1) is 5.92 Å².